The van der Waals surface area contributed by atoms with Gasteiger partial charge >= 0.3 is 0 Å². The lowest BCUT2D eigenvalue weighted by Gasteiger charge is -2.22. The van der Waals surface area contributed by atoms with Crippen LogP contribution in [-0.4, -0.2) is 18.1 Å². The molecule has 0 spiro atoms. The molecule has 1 aromatic heterocycles. The van der Waals surface area contributed by atoms with E-state index in [4.69, 9.17) is 4.98 Å². The Bertz CT molecular complexity index is 559. The van der Waals surface area contributed by atoms with Gasteiger partial charge in [-0.25, -0.2) is 4.39 Å². The van der Waals surface area contributed by atoms with Crippen LogP contribution in [0, 0.1) is 5.82 Å². The number of hydrogen-bond acceptors (Lipinski definition) is 2. The molecule has 104 valence electrons. The fourth-order valence-corrected chi connectivity index (χ4v) is 2.75. The maximum absolute atomic E-state index is 12.9. The van der Waals surface area contributed by atoms with Gasteiger partial charge in [0.2, 0.25) is 0 Å². The molecule has 3 rings (SSSR count). The van der Waals surface area contributed by atoms with Gasteiger partial charge in [0.15, 0.2) is 0 Å². The molecular formula is C17H19FN2. The summed E-state index contributed by atoms with van der Waals surface area (Å²) < 4.78 is 12.9. The average molecular weight is 270 g/mol. The standard InChI is InChI=1S/C17H19FN2/c18-15-6-4-13(5-7-15)12-16-2-1-3-17(20-16)14-8-10-19-11-9-14/h1-7,14,19H,8-12H2. The van der Waals surface area contributed by atoms with E-state index >= 15 is 0 Å². The van der Waals surface area contributed by atoms with E-state index in [1.54, 1.807) is 0 Å². The largest absolute Gasteiger partial charge is 0.317 e. The Morgan fingerprint density at radius 3 is 2.55 bits per heavy atom. The molecule has 0 bridgehead atoms. The second-order valence-corrected chi connectivity index (χ2v) is 5.38. The van der Waals surface area contributed by atoms with Crippen LogP contribution in [0.25, 0.3) is 0 Å². The molecule has 20 heavy (non-hydrogen) atoms. The Kier molecular flexibility index (Phi) is 4.07. The summed E-state index contributed by atoms with van der Waals surface area (Å²) in [7, 11) is 0. The Morgan fingerprint density at radius 2 is 1.80 bits per heavy atom. The number of pyridine rings is 1. The first-order chi connectivity index (χ1) is 9.81. The molecule has 0 amide bonds. The summed E-state index contributed by atoms with van der Waals surface area (Å²) in [5.41, 5.74) is 3.36. The summed E-state index contributed by atoms with van der Waals surface area (Å²) in [5.74, 6) is 0.384. The molecule has 3 heteroatoms. The van der Waals surface area contributed by atoms with Crippen molar-refractivity contribution < 1.29 is 4.39 Å². The summed E-state index contributed by atoms with van der Waals surface area (Å²) in [4.78, 5) is 4.79. The molecule has 0 saturated carbocycles. The van der Waals surface area contributed by atoms with E-state index in [1.807, 2.05) is 18.2 Å². The maximum atomic E-state index is 12.9. The van der Waals surface area contributed by atoms with Gasteiger partial charge in [0, 0.05) is 23.7 Å². The van der Waals surface area contributed by atoms with Gasteiger partial charge in [0.1, 0.15) is 5.82 Å². The van der Waals surface area contributed by atoms with E-state index in [-0.39, 0.29) is 5.82 Å². The number of halogens is 1. The van der Waals surface area contributed by atoms with E-state index in [0.29, 0.717) is 5.92 Å². The molecule has 2 heterocycles. The molecule has 2 nitrogen and oxygen atoms in total. The SMILES string of the molecule is Fc1ccc(Cc2cccc(C3CCNCC3)n2)cc1. The van der Waals surface area contributed by atoms with Crippen molar-refractivity contribution in [1.82, 2.24) is 10.3 Å². The summed E-state index contributed by atoms with van der Waals surface area (Å²) in [6.07, 6.45) is 3.08. The zero-order valence-corrected chi connectivity index (χ0v) is 11.5. The van der Waals surface area contributed by atoms with E-state index in [0.717, 1.165) is 43.6 Å². The Balaban J connectivity index is 1.75. The quantitative estimate of drug-likeness (QED) is 0.926. The highest BCUT2D eigenvalue weighted by atomic mass is 19.1. The van der Waals surface area contributed by atoms with E-state index in [2.05, 4.69) is 17.4 Å². The van der Waals surface area contributed by atoms with Crippen molar-refractivity contribution in [1.29, 1.82) is 0 Å². The van der Waals surface area contributed by atoms with E-state index in [9.17, 15) is 4.39 Å². The maximum Gasteiger partial charge on any atom is 0.123 e. The molecule has 0 aliphatic carbocycles. The fraction of sp³-hybridized carbons (Fsp3) is 0.353. The van der Waals surface area contributed by atoms with E-state index in [1.165, 1.54) is 17.8 Å². The van der Waals surface area contributed by atoms with Gasteiger partial charge in [-0.1, -0.05) is 18.2 Å². The summed E-state index contributed by atoms with van der Waals surface area (Å²) in [5, 5.41) is 3.38. The third-order valence-corrected chi connectivity index (χ3v) is 3.88. The second-order valence-electron chi connectivity index (χ2n) is 5.38. The lowest BCUT2D eigenvalue weighted by atomic mass is 9.94. The molecule has 1 aliphatic heterocycles. The van der Waals surface area contributed by atoms with Gasteiger partial charge in [0.05, 0.1) is 0 Å². The topological polar surface area (TPSA) is 24.9 Å². The first-order valence-electron chi connectivity index (χ1n) is 7.22. The van der Waals surface area contributed by atoms with Gasteiger partial charge in [-0.05, 0) is 55.8 Å². The van der Waals surface area contributed by atoms with Crippen molar-refractivity contribution in [2.75, 3.05) is 13.1 Å². The molecular weight excluding hydrogens is 251 g/mol. The highest BCUT2D eigenvalue weighted by Gasteiger charge is 2.16. The number of nitrogens with one attached hydrogen (secondary N) is 1. The number of piperidine rings is 1. The highest BCUT2D eigenvalue weighted by Crippen LogP contribution is 2.23. The monoisotopic (exact) mass is 270 g/mol. The minimum atomic E-state index is -0.190. The van der Waals surface area contributed by atoms with Crippen LogP contribution >= 0.6 is 0 Å². The van der Waals surface area contributed by atoms with Crippen LogP contribution in [0.15, 0.2) is 42.5 Å². The van der Waals surface area contributed by atoms with Crippen molar-refractivity contribution in [2.24, 2.45) is 0 Å². The molecule has 0 atom stereocenters. The normalized spacial score (nSPS) is 16.2. The lowest BCUT2D eigenvalue weighted by Crippen LogP contribution is -2.27. The third kappa shape index (κ3) is 3.23. The number of rotatable bonds is 3. The van der Waals surface area contributed by atoms with Gasteiger partial charge in [-0.15, -0.1) is 0 Å². The van der Waals surface area contributed by atoms with E-state index < -0.39 is 0 Å². The smallest absolute Gasteiger partial charge is 0.123 e. The van der Waals surface area contributed by atoms with Crippen molar-refractivity contribution in [3.63, 3.8) is 0 Å². The summed E-state index contributed by atoms with van der Waals surface area (Å²) in [6.45, 7) is 2.16. The fourth-order valence-electron chi connectivity index (χ4n) is 2.75. The van der Waals surface area contributed by atoms with Crippen LogP contribution in [0.4, 0.5) is 4.39 Å². The van der Waals surface area contributed by atoms with Crippen molar-refractivity contribution >= 4 is 0 Å². The molecule has 0 unspecified atom stereocenters. The van der Waals surface area contributed by atoms with Gasteiger partial charge < -0.3 is 5.32 Å². The lowest BCUT2D eigenvalue weighted by molar-refractivity contribution is 0.452. The zero-order valence-electron chi connectivity index (χ0n) is 11.5. The number of benzene rings is 1. The number of nitrogens with zero attached hydrogens (tertiary/aromatic N) is 1. The van der Waals surface area contributed by atoms with Crippen LogP contribution in [-0.2, 0) is 6.42 Å². The van der Waals surface area contributed by atoms with Gasteiger partial charge in [0.25, 0.3) is 0 Å². The minimum absolute atomic E-state index is 0.190. The van der Waals surface area contributed by atoms with Crippen LogP contribution < -0.4 is 5.32 Å². The molecule has 1 N–H and O–H groups in total. The molecule has 1 saturated heterocycles. The van der Waals surface area contributed by atoms with Gasteiger partial charge in [-0.2, -0.15) is 0 Å². The first-order valence-corrected chi connectivity index (χ1v) is 7.22. The zero-order chi connectivity index (χ0) is 13.8. The predicted molar refractivity (Wildman–Crippen MR) is 78.3 cm³/mol. The van der Waals surface area contributed by atoms with Crippen LogP contribution in [0.1, 0.15) is 35.7 Å². The van der Waals surface area contributed by atoms with Crippen molar-refractivity contribution in [2.45, 2.75) is 25.2 Å². The van der Waals surface area contributed by atoms with Crippen LogP contribution in [0.2, 0.25) is 0 Å². The second kappa shape index (κ2) is 6.14. The van der Waals surface area contributed by atoms with Crippen molar-refractivity contribution in [3.05, 3.63) is 65.2 Å². The summed E-state index contributed by atoms with van der Waals surface area (Å²) >= 11 is 0. The van der Waals surface area contributed by atoms with Gasteiger partial charge in [-0.3, -0.25) is 4.98 Å². The molecule has 1 aliphatic rings. The van der Waals surface area contributed by atoms with Crippen LogP contribution in [0.3, 0.4) is 0 Å². The molecule has 1 fully saturated rings. The molecule has 0 radical (unpaired) electrons. The average Bonchev–Trinajstić information content (AvgIpc) is 2.51. The summed E-state index contributed by atoms with van der Waals surface area (Å²) in [6, 6.07) is 12.9. The Labute approximate surface area is 119 Å². The predicted octanol–water partition coefficient (Wildman–Crippen LogP) is 3.28. The minimum Gasteiger partial charge on any atom is -0.317 e. The Morgan fingerprint density at radius 1 is 1.05 bits per heavy atom. The highest BCUT2D eigenvalue weighted by molar-refractivity contribution is 5.24. The van der Waals surface area contributed by atoms with Crippen LogP contribution in [0.5, 0.6) is 0 Å². The molecule has 1 aromatic carbocycles. The molecule has 2 aromatic rings. The third-order valence-electron chi connectivity index (χ3n) is 3.88. The number of hydrogen-bond donors (Lipinski definition) is 1. The first kappa shape index (κ1) is 13.3. The van der Waals surface area contributed by atoms with Crippen molar-refractivity contribution in [3.8, 4) is 0 Å². The number of aromatic nitrogens is 1. The Hall–Kier alpha value is -1.74.